The Morgan fingerprint density at radius 2 is 2.10 bits per heavy atom. The largest absolute Gasteiger partial charge is 0.478 e. The first-order chi connectivity index (χ1) is 9.75. The lowest BCUT2D eigenvalue weighted by Crippen LogP contribution is -2.36. The fourth-order valence-electron chi connectivity index (χ4n) is 2.82. The molecule has 21 heavy (non-hydrogen) atoms. The molecule has 1 aromatic rings. The molecule has 7 heteroatoms. The van der Waals surface area contributed by atoms with Gasteiger partial charge in [-0.15, -0.1) is 0 Å². The van der Waals surface area contributed by atoms with Gasteiger partial charge in [-0.25, -0.2) is 9.78 Å². The van der Waals surface area contributed by atoms with Gasteiger partial charge in [-0.2, -0.15) is 13.2 Å². The van der Waals surface area contributed by atoms with Gasteiger partial charge < -0.3 is 10.0 Å². The normalized spacial score (nSPS) is 22.6. The Bertz CT molecular complexity index is 546. The van der Waals surface area contributed by atoms with Gasteiger partial charge in [0.05, 0.1) is 0 Å². The summed E-state index contributed by atoms with van der Waals surface area (Å²) in [6.07, 6.45) is -2.21. The molecular weight excluding hydrogens is 285 g/mol. The third-order valence-corrected chi connectivity index (χ3v) is 3.90. The Morgan fingerprint density at radius 1 is 1.43 bits per heavy atom. The molecule has 1 aromatic heterocycles. The Labute approximate surface area is 120 Å². The van der Waals surface area contributed by atoms with Crippen molar-refractivity contribution in [2.75, 3.05) is 4.90 Å². The molecule has 1 aliphatic heterocycles. The van der Waals surface area contributed by atoms with E-state index in [0.29, 0.717) is 6.07 Å². The monoisotopic (exact) mass is 302 g/mol. The summed E-state index contributed by atoms with van der Waals surface area (Å²) in [4.78, 5) is 16.6. The van der Waals surface area contributed by atoms with Gasteiger partial charge in [-0.1, -0.05) is 6.92 Å². The molecule has 2 rings (SSSR count). The van der Waals surface area contributed by atoms with Crippen LogP contribution in [0.1, 0.15) is 49.2 Å². The molecule has 0 bridgehead atoms. The molecule has 0 amide bonds. The van der Waals surface area contributed by atoms with Crippen LogP contribution in [0.3, 0.4) is 0 Å². The number of nitrogens with zero attached hydrogens (tertiary/aromatic N) is 2. The van der Waals surface area contributed by atoms with Crippen LogP contribution in [0.5, 0.6) is 0 Å². The molecule has 1 saturated heterocycles. The van der Waals surface area contributed by atoms with Crippen molar-refractivity contribution in [1.29, 1.82) is 0 Å². The van der Waals surface area contributed by atoms with E-state index in [2.05, 4.69) is 4.98 Å². The number of carbonyl (C=O) groups is 1. The van der Waals surface area contributed by atoms with E-state index in [4.69, 9.17) is 0 Å². The van der Waals surface area contributed by atoms with Gasteiger partial charge in [-0.3, -0.25) is 0 Å². The van der Waals surface area contributed by atoms with Crippen molar-refractivity contribution in [1.82, 2.24) is 4.98 Å². The number of halogens is 3. The lowest BCUT2D eigenvalue weighted by Gasteiger charge is -2.30. The number of hydrogen-bond donors (Lipinski definition) is 1. The van der Waals surface area contributed by atoms with E-state index >= 15 is 0 Å². The maximum Gasteiger partial charge on any atom is 0.433 e. The molecule has 4 nitrogen and oxygen atoms in total. The second-order valence-electron chi connectivity index (χ2n) is 5.27. The molecule has 1 N–H and O–H groups in total. The molecule has 2 atom stereocenters. The number of alkyl halides is 3. The molecule has 1 fully saturated rings. The topological polar surface area (TPSA) is 53.4 Å². The van der Waals surface area contributed by atoms with Crippen LogP contribution in [0, 0.1) is 0 Å². The van der Waals surface area contributed by atoms with Crippen molar-refractivity contribution < 1.29 is 23.1 Å². The zero-order chi connectivity index (χ0) is 15.8. The first-order valence-electron chi connectivity index (χ1n) is 6.85. The fourth-order valence-corrected chi connectivity index (χ4v) is 2.82. The second kappa shape index (κ2) is 5.54. The zero-order valence-corrected chi connectivity index (χ0v) is 11.8. The van der Waals surface area contributed by atoms with Crippen LogP contribution in [-0.4, -0.2) is 28.1 Å². The average Bonchev–Trinajstić information content (AvgIpc) is 2.77. The van der Waals surface area contributed by atoms with E-state index in [1.807, 2.05) is 13.8 Å². The van der Waals surface area contributed by atoms with Crippen LogP contribution in [0.2, 0.25) is 0 Å². The van der Waals surface area contributed by atoms with E-state index in [1.54, 1.807) is 4.90 Å². The summed E-state index contributed by atoms with van der Waals surface area (Å²) in [5.41, 5.74) is -1.24. The minimum absolute atomic E-state index is 0.0223. The first-order valence-corrected chi connectivity index (χ1v) is 6.85. The summed E-state index contributed by atoms with van der Waals surface area (Å²) in [6.45, 7) is 3.81. The van der Waals surface area contributed by atoms with Crippen LogP contribution in [0.25, 0.3) is 0 Å². The summed E-state index contributed by atoms with van der Waals surface area (Å²) in [6, 6.07) is 1.71. The number of aromatic nitrogens is 1. The summed E-state index contributed by atoms with van der Waals surface area (Å²) in [5, 5.41) is 9.22. The van der Waals surface area contributed by atoms with Gasteiger partial charge in [0.2, 0.25) is 0 Å². The predicted octanol–water partition coefficient (Wildman–Crippen LogP) is 3.57. The summed E-state index contributed by atoms with van der Waals surface area (Å²) in [7, 11) is 0. The van der Waals surface area contributed by atoms with E-state index in [9.17, 15) is 23.1 Å². The van der Waals surface area contributed by atoms with Crippen molar-refractivity contribution in [3.05, 3.63) is 23.4 Å². The van der Waals surface area contributed by atoms with Crippen LogP contribution in [0.15, 0.2) is 12.1 Å². The maximum absolute atomic E-state index is 12.8. The summed E-state index contributed by atoms with van der Waals surface area (Å²) in [5.74, 6) is -1.34. The minimum atomic E-state index is -4.59. The summed E-state index contributed by atoms with van der Waals surface area (Å²) >= 11 is 0. The van der Waals surface area contributed by atoms with Gasteiger partial charge >= 0.3 is 12.1 Å². The minimum Gasteiger partial charge on any atom is -0.478 e. The number of carboxylic acids is 1. The molecular formula is C14H17F3N2O2. The molecule has 0 spiro atoms. The van der Waals surface area contributed by atoms with Gasteiger partial charge in [0.15, 0.2) is 0 Å². The van der Waals surface area contributed by atoms with E-state index in [0.717, 1.165) is 25.3 Å². The third-order valence-electron chi connectivity index (χ3n) is 3.90. The van der Waals surface area contributed by atoms with Crippen molar-refractivity contribution in [3.8, 4) is 0 Å². The third kappa shape index (κ3) is 2.96. The van der Waals surface area contributed by atoms with Crippen molar-refractivity contribution in [2.24, 2.45) is 0 Å². The standard InChI is InChI=1S/C14H17F3N2O2/c1-3-9-5-4-8(2)19(9)12-10(13(20)21)6-7-11(18-12)14(15,16)17/h6-9H,3-5H2,1-2H3,(H,20,21). The van der Waals surface area contributed by atoms with Crippen molar-refractivity contribution >= 4 is 11.8 Å². The smallest absolute Gasteiger partial charge is 0.433 e. The van der Waals surface area contributed by atoms with E-state index in [-0.39, 0.29) is 23.5 Å². The Kier molecular flexibility index (Phi) is 4.11. The molecule has 0 saturated carbocycles. The van der Waals surface area contributed by atoms with Gasteiger partial charge in [0.25, 0.3) is 0 Å². The average molecular weight is 302 g/mol. The van der Waals surface area contributed by atoms with Crippen molar-refractivity contribution in [2.45, 2.75) is 51.4 Å². The number of hydrogen-bond acceptors (Lipinski definition) is 3. The molecule has 0 aromatic carbocycles. The molecule has 2 heterocycles. The highest BCUT2D eigenvalue weighted by Crippen LogP contribution is 2.36. The van der Waals surface area contributed by atoms with Crippen molar-refractivity contribution in [3.63, 3.8) is 0 Å². The zero-order valence-electron chi connectivity index (χ0n) is 11.8. The molecule has 0 aliphatic carbocycles. The Balaban J connectivity index is 2.55. The molecule has 0 radical (unpaired) electrons. The second-order valence-corrected chi connectivity index (χ2v) is 5.27. The number of anilines is 1. The molecule has 116 valence electrons. The Morgan fingerprint density at radius 3 is 2.62 bits per heavy atom. The fraction of sp³-hybridized carbons (Fsp3) is 0.571. The highest BCUT2D eigenvalue weighted by molar-refractivity contribution is 5.93. The number of rotatable bonds is 3. The first kappa shape index (κ1) is 15.6. The predicted molar refractivity (Wildman–Crippen MR) is 71.5 cm³/mol. The highest BCUT2D eigenvalue weighted by atomic mass is 19.4. The maximum atomic E-state index is 12.8. The molecule has 1 aliphatic rings. The lowest BCUT2D eigenvalue weighted by atomic mass is 10.1. The Hall–Kier alpha value is -1.79. The quantitative estimate of drug-likeness (QED) is 0.927. The summed E-state index contributed by atoms with van der Waals surface area (Å²) < 4.78 is 38.5. The molecule has 2 unspecified atom stereocenters. The number of pyridine rings is 1. The SMILES string of the molecule is CCC1CCC(C)N1c1nc(C(F)(F)F)ccc1C(=O)O. The van der Waals surface area contributed by atoms with E-state index in [1.165, 1.54) is 0 Å². The highest BCUT2D eigenvalue weighted by Gasteiger charge is 2.37. The van der Waals surface area contributed by atoms with Gasteiger partial charge in [-0.05, 0) is 38.3 Å². The lowest BCUT2D eigenvalue weighted by molar-refractivity contribution is -0.141. The van der Waals surface area contributed by atoms with Gasteiger partial charge in [0, 0.05) is 12.1 Å². The van der Waals surface area contributed by atoms with Crippen LogP contribution in [0.4, 0.5) is 19.0 Å². The van der Waals surface area contributed by atoms with Gasteiger partial charge in [0.1, 0.15) is 17.1 Å². The number of carboxylic acid groups (broad SMARTS) is 1. The number of aromatic carboxylic acids is 1. The van der Waals surface area contributed by atoms with Crippen LogP contribution in [-0.2, 0) is 6.18 Å². The van der Waals surface area contributed by atoms with E-state index < -0.39 is 17.8 Å². The van der Waals surface area contributed by atoms with Crippen LogP contribution >= 0.6 is 0 Å². The van der Waals surface area contributed by atoms with Crippen LogP contribution < -0.4 is 4.90 Å².